The summed E-state index contributed by atoms with van der Waals surface area (Å²) in [4.78, 5) is 25.5. The van der Waals surface area contributed by atoms with Gasteiger partial charge in [0.2, 0.25) is 0 Å². The summed E-state index contributed by atoms with van der Waals surface area (Å²) in [7, 11) is 0. The molecule has 19 heavy (non-hydrogen) atoms. The summed E-state index contributed by atoms with van der Waals surface area (Å²) in [5.41, 5.74) is 0.586. The van der Waals surface area contributed by atoms with E-state index in [1.165, 1.54) is 11.3 Å². The van der Waals surface area contributed by atoms with Crippen molar-refractivity contribution in [1.82, 2.24) is 4.90 Å². The van der Waals surface area contributed by atoms with Crippen LogP contribution >= 0.6 is 27.3 Å². The molecule has 3 unspecified atom stereocenters. The van der Waals surface area contributed by atoms with Gasteiger partial charge in [-0.1, -0.05) is 6.42 Å². The number of nitrogens with zero attached hydrogens (tertiary/aromatic N) is 1. The number of carbonyl (C=O) groups excluding carboxylic acids is 1. The van der Waals surface area contributed by atoms with Crippen LogP contribution in [-0.2, 0) is 4.79 Å². The summed E-state index contributed by atoms with van der Waals surface area (Å²) in [6, 6.07) is 1.12. The van der Waals surface area contributed by atoms with E-state index >= 15 is 0 Å². The second-order valence-electron chi connectivity index (χ2n) is 5.23. The molecule has 1 N–H and O–H groups in total. The van der Waals surface area contributed by atoms with E-state index in [2.05, 4.69) is 15.9 Å². The number of hydrogen-bond donors (Lipinski definition) is 1. The smallest absolute Gasteiger partial charge is 0.326 e. The average Bonchev–Trinajstić information content (AvgIpc) is 3.00. The zero-order chi connectivity index (χ0) is 13.6. The third-order valence-electron chi connectivity index (χ3n) is 4.22. The summed E-state index contributed by atoms with van der Waals surface area (Å²) < 4.78 is 0.891. The lowest BCUT2D eigenvalue weighted by Gasteiger charge is -2.24. The summed E-state index contributed by atoms with van der Waals surface area (Å²) in [6.07, 6.45) is 3.06. The maximum Gasteiger partial charge on any atom is 0.326 e. The van der Waals surface area contributed by atoms with Crippen LogP contribution in [-0.4, -0.2) is 34.5 Å². The Hall–Kier alpha value is -0.880. The fraction of sp³-hybridized carbons (Fsp3) is 0.538. The van der Waals surface area contributed by atoms with Crippen LogP contribution in [0.3, 0.4) is 0 Å². The number of amides is 1. The Morgan fingerprint density at radius 1 is 1.42 bits per heavy atom. The Bertz CT molecular complexity index is 530. The van der Waals surface area contributed by atoms with Gasteiger partial charge in [-0.2, -0.15) is 0 Å². The molecule has 0 bridgehead atoms. The molecule has 6 heteroatoms. The highest BCUT2D eigenvalue weighted by molar-refractivity contribution is 9.11. The van der Waals surface area contributed by atoms with Crippen molar-refractivity contribution < 1.29 is 14.7 Å². The highest BCUT2D eigenvalue weighted by Gasteiger charge is 2.49. The molecule has 2 fully saturated rings. The highest BCUT2D eigenvalue weighted by atomic mass is 79.9. The van der Waals surface area contributed by atoms with Crippen molar-refractivity contribution in [1.29, 1.82) is 0 Å². The minimum Gasteiger partial charge on any atom is -0.480 e. The Labute approximate surface area is 123 Å². The molecule has 0 aromatic carbocycles. The van der Waals surface area contributed by atoms with Crippen molar-refractivity contribution in [3.05, 3.63) is 20.8 Å². The van der Waals surface area contributed by atoms with Gasteiger partial charge in [-0.15, -0.1) is 11.3 Å². The van der Waals surface area contributed by atoms with E-state index in [1.807, 2.05) is 0 Å². The lowest BCUT2D eigenvalue weighted by Crippen LogP contribution is -2.43. The van der Waals surface area contributed by atoms with Crippen LogP contribution in [0.1, 0.15) is 29.6 Å². The molecule has 1 saturated carbocycles. The van der Waals surface area contributed by atoms with Gasteiger partial charge in [-0.3, -0.25) is 4.79 Å². The van der Waals surface area contributed by atoms with E-state index < -0.39 is 12.0 Å². The van der Waals surface area contributed by atoms with Crippen LogP contribution < -0.4 is 0 Å². The molecule has 3 rings (SSSR count). The number of fused-ring (bicyclic) bond motifs is 1. The monoisotopic (exact) mass is 343 g/mol. The van der Waals surface area contributed by atoms with Crippen LogP contribution in [0.15, 0.2) is 15.2 Å². The maximum atomic E-state index is 12.5. The van der Waals surface area contributed by atoms with Crippen LogP contribution in [0.4, 0.5) is 0 Å². The first-order valence-electron chi connectivity index (χ1n) is 6.35. The standard InChI is InChI=1S/C13H14BrNO3S/c14-10-4-8(6-19-10)12(16)15-5-7-2-1-3-9(7)11(15)13(17)18/h4,6-7,9,11H,1-3,5H2,(H,17,18). The molecule has 0 spiro atoms. The minimum absolute atomic E-state index is 0.142. The number of likely N-dealkylation sites (tertiary alicyclic amines) is 1. The first-order chi connectivity index (χ1) is 9.08. The fourth-order valence-electron chi connectivity index (χ4n) is 3.42. The van der Waals surface area contributed by atoms with E-state index in [9.17, 15) is 14.7 Å². The number of aliphatic carboxylic acids is 1. The SMILES string of the molecule is O=C(O)C1C2CCCC2CN1C(=O)c1csc(Br)c1. The summed E-state index contributed by atoms with van der Waals surface area (Å²) in [5.74, 6) is -0.503. The molecular weight excluding hydrogens is 330 g/mol. The lowest BCUT2D eigenvalue weighted by atomic mass is 9.94. The Balaban J connectivity index is 1.87. The molecule has 2 heterocycles. The molecule has 1 aliphatic carbocycles. The average molecular weight is 344 g/mol. The van der Waals surface area contributed by atoms with E-state index in [0.29, 0.717) is 18.0 Å². The largest absolute Gasteiger partial charge is 0.480 e. The lowest BCUT2D eigenvalue weighted by molar-refractivity contribution is -0.142. The summed E-state index contributed by atoms with van der Waals surface area (Å²) in [6.45, 7) is 0.591. The first kappa shape index (κ1) is 13.1. The zero-order valence-corrected chi connectivity index (χ0v) is 12.6. The van der Waals surface area contributed by atoms with Crippen molar-refractivity contribution in [2.45, 2.75) is 25.3 Å². The third-order valence-corrected chi connectivity index (χ3v) is 5.72. The van der Waals surface area contributed by atoms with E-state index in [-0.39, 0.29) is 11.8 Å². The van der Waals surface area contributed by atoms with Gasteiger partial charge in [0, 0.05) is 11.9 Å². The van der Waals surface area contributed by atoms with Crippen LogP contribution in [0.5, 0.6) is 0 Å². The maximum absolute atomic E-state index is 12.5. The van der Waals surface area contributed by atoms with E-state index in [4.69, 9.17) is 0 Å². The van der Waals surface area contributed by atoms with Crippen LogP contribution in [0, 0.1) is 11.8 Å². The molecule has 4 nitrogen and oxygen atoms in total. The van der Waals surface area contributed by atoms with Crippen LogP contribution in [0.2, 0.25) is 0 Å². The highest BCUT2D eigenvalue weighted by Crippen LogP contribution is 2.42. The number of hydrogen-bond acceptors (Lipinski definition) is 3. The number of carboxylic acid groups (broad SMARTS) is 1. The van der Waals surface area contributed by atoms with Crippen molar-refractivity contribution in [3.8, 4) is 0 Å². The molecule has 2 aliphatic rings. The predicted octanol–water partition coefficient (Wildman–Crippen LogP) is 2.84. The van der Waals surface area contributed by atoms with Crippen molar-refractivity contribution in [2.24, 2.45) is 11.8 Å². The van der Waals surface area contributed by atoms with Gasteiger partial charge in [0.05, 0.1) is 9.35 Å². The van der Waals surface area contributed by atoms with Gasteiger partial charge in [-0.05, 0) is 46.7 Å². The first-order valence-corrected chi connectivity index (χ1v) is 8.03. The third kappa shape index (κ3) is 2.21. The molecule has 102 valence electrons. The predicted molar refractivity (Wildman–Crippen MR) is 75.3 cm³/mol. The normalized spacial score (nSPS) is 29.5. The Kier molecular flexibility index (Phi) is 3.39. The second kappa shape index (κ2) is 4.90. The summed E-state index contributed by atoms with van der Waals surface area (Å²) >= 11 is 4.78. The Morgan fingerprint density at radius 2 is 2.21 bits per heavy atom. The van der Waals surface area contributed by atoms with Crippen molar-refractivity contribution in [2.75, 3.05) is 6.54 Å². The van der Waals surface area contributed by atoms with Gasteiger partial charge >= 0.3 is 5.97 Å². The molecule has 1 saturated heterocycles. The molecule has 0 radical (unpaired) electrons. The number of rotatable bonds is 2. The number of carboxylic acids is 1. The topological polar surface area (TPSA) is 57.6 Å². The van der Waals surface area contributed by atoms with E-state index in [0.717, 1.165) is 23.0 Å². The number of thiophene rings is 1. The molecule has 1 aromatic heterocycles. The molecule has 1 aromatic rings. The fourth-order valence-corrected chi connectivity index (χ4v) is 4.55. The quantitative estimate of drug-likeness (QED) is 0.898. The Morgan fingerprint density at radius 3 is 2.84 bits per heavy atom. The van der Waals surface area contributed by atoms with Gasteiger partial charge in [0.15, 0.2) is 0 Å². The molecule has 1 aliphatic heterocycles. The van der Waals surface area contributed by atoms with Crippen molar-refractivity contribution in [3.63, 3.8) is 0 Å². The summed E-state index contributed by atoms with van der Waals surface area (Å²) in [5, 5.41) is 11.2. The molecular formula is C13H14BrNO3S. The molecule has 3 atom stereocenters. The van der Waals surface area contributed by atoms with Crippen molar-refractivity contribution >= 4 is 39.1 Å². The minimum atomic E-state index is -0.864. The number of halogens is 1. The van der Waals surface area contributed by atoms with Gasteiger partial charge in [0.1, 0.15) is 6.04 Å². The van der Waals surface area contributed by atoms with Gasteiger partial charge in [0.25, 0.3) is 5.91 Å². The van der Waals surface area contributed by atoms with Gasteiger partial charge < -0.3 is 10.0 Å². The van der Waals surface area contributed by atoms with E-state index in [1.54, 1.807) is 16.3 Å². The molecule has 1 amide bonds. The number of carbonyl (C=O) groups is 2. The van der Waals surface area contributed by atoms with Crippen LogP contribution in [0.25, 0.3) is 0 Å². The zero-order valence-electron chi connectivity index (χ0n) is 10.2. The van der Waals surface area contributed by atoms with Gasteiger partial charge in [-0.25, -0.2) is 4.79 Å². The second-order valence-corrected chi connectivity index (χ2v) is 7.53.